The molecule has 1 saturated carbocycles. The molecule has 1 aliphatic carbocycles. The first-order valence-electron chi connectivity index (χ1n) is 8.00. The minimum absolute atomic E-state index is 0.0617. The normalized spacial score (nSPS) is 19.3. The highest BCUT2D eigenvalue weighted by atomic mass is 79.9. The second-order valence-corrected chi connectivity index (χ2v) is 8.80. The fourth-order valence-corrected chi connectivity index (χ4v) is 4.50. The summed E-state index contributed by atoms with van der Waals surface area (Å²) >= 11 is 5.28. The maximum Gasteiger partial charge on any atom is 0.274 e. The van der Waals surface area contributed by atoms with Crippen LogP contribution in [0.3, 0.4) is 0 Å². The molecule has 0 atom stereocenters. The van der Waals surface area contributed by atoms with Crippen LogP contribution in [0.2, 0.25) is 0 Å². The first-order valence-corrected chi connectivity index (χ1v) is 9.61. The van der Waals surface area contributed by atoms with Crippen LogP contribution in [0, 0.1) is 0 Å². The summed E-state index contributed by atoms with van der Waals surface area (Å²) in [5.74, 6) is 0.665. The van der Waals surface area contributed by atoms with Crippen molar-refractivity contribution in [2.75, 3.05) is 26.2 Å². The fraction of sp³-hybridized carbons (Fsp3) is 0.500. The summed E-state index contributed by atoms with van der Waals surface area (Å²) in [5.41, 5.74) is 1.69. The third-order valence-corrected chi connectivity index (χ3v) is 6.11. The topological polar surface area (TPSA) is 52.2 Å². The highest BCUT2D eigenvalue weighted by Gasteiger charge is 2.28. The van der Waals surface area contributed by atoms with Crippen LogP contribution in [0.4, 0.5) is 0 Å². The molecule has 1 N–H and O–H groups in total. The van der Waals surface area contributed by atoms with E-state index in [2.05, 4.69) is 43.2 Å². The van der Waals surface area contributed by atoms with Gasteiger partial charge in [0.25, 0.3) is 5.91 Å². The van der Waals surface area contributed by atoms with E-state index in [9.17, 15) is 4.79 Å². The van der Waals surface area contributed by atoms with Crippen molar-refractivity contribution in [3.05, 3.63) is 38.3 Å². The lowest BCUT2D eigenvalue weighted by molar-refractivity contribution is 0.0624. The second kappa shape index (κ2) is 6.37. The van der Waals surface area contributed by atoms with Gasteiger partial charge in [-0.3, -0.25) is 14.8 Å². The molecule has 0 spiro atoms. The summed E-state index contributed by atoms with van der Waals surface area (Å²) in [4.78, 5) is 18.2. The van der Waals surface area contributed by atoms with E-state index in [0.717, 1.165) is 38.4 Å². The lowest BCUT2D eigenvalue weighted by Crippen LogP contribution is -2.48. The number of hydrogen-bond donors (Lipinski definition) is 1. The van der Waals surface area contributed by atoms with Gasteiger partial charge in [-0.05, 0) is 47.0 Å². The molecule has 122 valence electrons. The lowest BCUT2D eigenvalue weighted by Gasteiger charge is -2.34. The first-order chi connectivity index (χ1) is 11.2. The summed E-state index contributed by atoms with van der Waals surface area (Å²) in [6.45, 7) is 4.35. The molecule has 2 aromatic heterocycles. The molecular formula is C16H19BrN4OS. The van der Waals surface area contributed by atoms with Crippen molar-refractivity contribution in [3.8, 4) is 0 Å². The van der Waals surface area contributed by atoms with Gasteiger partial charge in [-0.2, -0.15) is 5.10 Å². The van der Waals surface area contributed by atoms with Gasteiger partial charge in [-0.25, -0.2) is 0 Å². The molecule has 2 aromatic rings. The number of halogens is 1. The third kappa shape index (κ3) is 3.51. The van der Waals surface area contributed by atoms with Gasteiger partial charge in [0.2, 0.25) is 0 Å². The van der Waals surface area contributed by atoms with E-state index in [4.69, 9.17) is 0 Å². The molecule has 2 aliphatic rings. The van der Waals surface area contributed by atoms with Crippen molar-refractivity contribution >= 4 is 33.2 Å². The maximum atomic E-state index is 12.5. The molecule has 23 heavy (non-hydrogen) atoms. The number of thiophene rings is 1. The molecule has 1 aliphatic heterocycles. The van der Waals surface area contributed by atoms with E-state index in [1.807, 2.05) is 11.0 Å². The van der Waals surface area contributed by atoms with Crippen molar-refractivity contribution in [2.24, 2.45) is 0 Å². The number of H-pyrrole nitrogens is 1. The predicted octanol–water partition coefficient (Wildman–Crippen LogP) is 3.07. The van der Waals surface area contributed by atoms with E-state index in [1.54, 1.807) is 11.3 Å². The van der Waals surface area contributed by atoms with Crippen molar-refractivity contribution in [1.29, 1.82) is 0 Å². The number of nitrogens with zero attached hydrogens (tertiary/aromatic N) is 3. The van der Waals surface area contributed by atoms with Crippen LogP contribution in [0.5, 0.6) is 0 Å². The molecule has 1 saturated heterocycles. The highest BCUT2D eigenvalue weighted by Crippen LogP contribution is 2.39. The SMILES string of the molecule is O=C(c1cc(C2CC2)[nH]n1)N1CCN(Cc2ccc(Br)s2)CC1. The number of carbonyl (C=O) groups excluding carboxylic acids is 1. The minimum atomic E-state index is 0.0617. The van der Waals surface area contributed by atoms with Crippen LogP contribution in [-0.2, 0) is 6.54 Å². The van der Waals surface area contributed by atoms with E-state index in [0.29, 0.717) is 11.6 Å². The van der Waals surface area contributed by atoms with E-state index >= 15 is 0 Å². The summed E-state index contributed by atoms with van der Waals surface area (Å²) in [6, 6.07) is 6.19. The lowest BCUT2D eigenvalue weighted by atomic mass is 10.2. The second-order valence-electron chi connectivity index (χ2n) is 6.26. The van der Waals surface area contributed by atoms with E-state index < -0.39 is 0 Å². The standard InChI is InChI=1S/C16H19BrN4OS/c17-15-4-3-12(23-15)10-20-5-7-21(8-6-20)16(22)14-9-13(18-19-14)11-1-2-11/h3-4,9,11H,1-2,5-8,10H2,(H,18,19). The van der Waals surface area contributed by atoms with Crippen LogP contribution in [0.1, 0.15) is 39.8 Å². The molecule has 0 aromatic carbocycles. The van der Waals surface area contributed by atoms with Gasteiger partial charge in [-0.1, -0.05) is 0 Å². The monoisotopic (exact) mass is 394 g/mol. The van der Waals surface area contributed by atoms with Crippen molar-refractivity contribution in [3.63, 3.8) is 0 Å². The Morgan fingerprint density at radius 2 is 2.09 bits per heavy atom. The Kier molecular flexibility index (Phi) is 4.26. The zero-order valence-corrected chi connectivity index (χ0v) is 15.2. The van der Waals surface area contributed by atoms with Crippen LogP contribution in [0.25, 0.3) is 0 Å². The number of piperazine rings is 1. The molecule has 0 radical (unpaired) electrons. The van der Waals surface area contributed by atoms with Crippen LogP contribution in [-0.4, -0.2) is 52.1 Å². The largest absolute Gasteiger partial charge is 0.335 e. The van der Waals surface area contributed by atoms with Gasteiger partial charge in [0.1, 0.15) is 5.69 Å². The predicted molar refractivity (Wildman–Crippen MR) is 93.8 cm³/mol. The van der Waals surface area contributed by atoms with E-state index in [1.165, 1.54) is 21.5 Å². The van der Waals surface area contributed by atoms with Gasteiger partial charge in [-0.15, -0.1) is 11.3 Å². The quantitative estimate of drug-likeness (QED) is 0.866. The summed E-state index contributed by atoms with van der Waals surface area (Å²) in [6.07, 6.45) is 2.43. The van der Waals surface area contributed by atoms with Crippen molar-refractivity contribution in [2.45, 2.75) is 25.3 Å². The average molecular weight is 395 g/mol. The maximum absolute atomic E-state index is 12.5. The van der Waals surface area contributed by atoms with Crippen LogP contribution in [0.15, 0.2) is 22.0 Å². The summed E-state index contributed by atoms with van der Waals surface area (Å²) in [7, 11) is 0. The Labute approximate surface area is 147 Å². The first kappa shape index (κ1) is 15.4. The summed E-state index contributed by atoms with van der Waals surface area (Å²) < 4.78 is 1.17. The molecule has 5 nitrogen and oxygen atoms in total. The molecule has 3 heterocycles. The zero-order chi connectivity index (χ0) is 15.8. The number of aromatic nitrogens is 2. The molecule has 2 fully saturated rings. The molecule has 0 bridgehead atoms. The van der Waals surface area contributed by atoms with Gasteiger partial charge in [0, 0.05) is 49.2 Å². The highest BCUT2D eigenvalue weighted by molar-refractivity contribution is 9.11. The average Bonchev–Trinajstić information content (AvgIpc) is 3.15. The molecule has 7 heteroatoms. The van der Waals surface area contributed by atoms with Crippen LogP contribution >= 0.6 is 27.3 Å². The number of amides is 1. The van der Waals surface area contributed by atoms with E-state index in [-0.39, 0.29) is 5.91 Å². The number of rotatable bonds is 4. The van der Waals surface area contributed by atoms with Gasteiger partial charge in [0.15, 0.2) is 0 Å². The van der Waals surface area contributed by atoms with Crippen molar-refractivity contribution < 1.29 is 4.79 Å². The van der Waals surface area contributed by atoms with Gasteiger partial charge >= 0.3 is 0 Å². The van der Waals surface area contributed by atoms with Crippen molar-refractivity contribution in [1.82, 2.24) is 20.0 Å². The molecule has 1 amide bonds. The zero-order valence-electron chi connectivity index (χ0n) is 12.8. The minimum Gasteiger partial charge on any atom is -0.335 e. The Morgan fingerprint density at radius 3 is 2.74 bits per heavy atom. The fourth-order valence-electron chi connectivity index (χ4n) is 2.98. The smallest absolute Gasteiger partial charge is 0.274 e. The molecular weight excluding hydrogens is 376 g/mol. The number of carbonyl (C=O) groups is 1. The van der Waals surface area contributed by atoms with Gasteiger partial charge < -0.3 is 4.90 Å². The third-order valence-electron chi connectivity index (χ3n) is 4.50. The Bertz CT molecular complexity index is 701. The Balaban J connectivity index is 1.32. The molecule has 4 rings (SSSR count). The van der Waals surface area contributed by atoms with Crippen LogP contribution < -0.4 is 0 Å². The summed E-state index contributed by atoms with van der Waals surface area (Å²) in [5, 5.41) is 7.23. The Hall–Kier alpha value is -1.18. The Morgan fingerprint density at radius 1 is 1.30 bits per heavy atom. The number of nitrogens with one attached hydrogen (secondary N) is 1. The number of aromatic amines is 1. The number of hydrogen-bond acceptors (Lipinski definition) is 4. The molecule has 0 unspecified atom stereocenters. The van der Waals surface area contributed by atoms with Gasteiger partial charge in [0.05, 0.1) is 3.79 Å².